The van der Waals surface area contributed by atoms with Crippen molar-refractivity contribution >= 4 is 0 Å². The van der Waals surface area contributed by atoms with E-state index in [-0.39, 0.29) is 0 Å². The number of allylic oxidation sites excluding steroid dienone is 1. The second kappa shape index (κ2) is 7.82. The lowest BCUT2D eigenvalue weighted by Gasteiger charge is -2.24. The first kappa shape index (κ1) is 13.7. The molecular formula is C13H26N2O. The molecule has 1 rings (SSSR count). The predicted octanol–water partition coefficient (Wildman–Crippen LogP) is 2.52. The van der Waals surface area contributed by atoms with E-state index in [1.807, 2.05) is 0 Å². The molecule has 0 bridgehead atoms. The van der Waals surface area contributed by atoms with E-state index in [0.29, 0.717) is 12.1 Å². The fourth-order valence-corrected chi connectivity index (χ4v) is 2.15. The fraction of sp³-hybridized carbons (Fsp3) is 0.846. The standard InChI is InChI=1S/C13H26N2O/c1-11(2)6-7-12(15-14)8-9-13-5-3-4-10-16-13/h12-13,15H,1,3-10,14H2,2H3. The van der Waals surface area contributed by atoms with Crippen LogP contribution in [0.4, 0.5) is 0 Å². The summed E-state index contributed by atoms with van der Waals surface area (Å²) in [6.45, 7) is 6.93. The predicted molar refractivity (Wildman–Crippen MR) is 68.0 cm³/mol. The lowest BCUT2D eigenvalue weighted by Crippen LogP contribution is -2.36. The largest absolute Gasteiger partial charge is 0.378 e. The third-order valence-corrected chi connectivity index (χ3v) is 3.27. The van der Waals surface area contributed by atoms with Crippen molar-refractivity contribution in [2.75, 3.05) is 6.61 Å². The van der Waals surface area contributed by atoms with Crippen molar-refractivity contribution in [3.8, 4) is 0 Å². The zero-order valence-electron chi connectivity index (χ0n) is 10.5. The van der Waals surface area contributed by atoms with Gasteiger partial charge >= 0.3 is 0 Å². The molecular weight excluding hydrogens is 200 g/mol. The van der Waals surface area contributed by atoms with Crippen molar-refractivity contribution in [3.63, 3.8) is 0 Å². The summed E-state index contributed by atoms with van der Waals surface area (Å²) in [6.07, 6.45) is 8.60. The average molecular weight is 226 g/mol. The van der Waals surface area contributed by atoms with E-state index in [9.17, 15) is 0 Å². The van der Waals surface area contributed by atoms with E-state index >= 15 is 0 Å². The topological polar surface area (TPSA) is 47.3 Å². The molecule has 0 aromatic carbocycles. The van der Waals surface area contributed by atoms with Crippen LogP contribution in [0.1, 0.15) is 51.9 Å². The van der Waals surface area contributed by atoms with Crippen molar-refractivity contribution < 1.29 is 4.74 Å². The maximum Gasteiger partial charge on any atom is 0.0575 e. The number of nitrogens with two attached hydrogens (primary N) is 1. The average Bonchev–Trinajstić information content (AvgIpc) is 2.30. The molecule has 0 radical (unpaired) electrons. The Balaban J connectivity index is 2.14. The van der Waals surface area contributed by atoms with Crippen LogP contribution in [0.5, 0.6) is 0 Å². The highest BCUT2D eigenvalue weighted by Crippen LogP contribution is 2.19. The van der Waals surface area contributed by atoms with Crippen LogP contribution in [0.15, 0.2) is 12.2 Å². The van der Waals surface area contributed by atoms with Crippen molar-refractivity contribution in [2.45, 2.75) is 64.0 Å². The van der Waals surface area contributed by atoms with Crippen molar-refractivity contribution in [3.05, 3.63) is 12.2 Å². The summed E-state index contributed by atoms with van der Waals surface area (Å²) in [7, 11) is 0. The fourth-order valence-electron chi connectivity index (χ4n) is 2.15. The van der Waals surface area contributed by atoms with Gasteiger partial charge in [0.15, 0.2) is 0 Å². The van der Waals surface area contributed by atoms with Gasteiger partial charge < -0.3 is 4.74 Å². The Hall–Kier alpha value is -0.380. The minimum atomic E-state index is 0.405. The Labute approximate surface area is 99.4 Å². The molecule has 2 atom stereocenters. The Morgan fingerprint density at radius 1 is 1.50 bits per heavy atom. The minimum Gasteiger partial charge on any atom is -0.378 e. The van der Waals surface area contributed by atoms with Crippen LogP contribution >= 0.6 is 0 Å². The van der Waals surface area contributed by atoms with Gasteiger partial charge in [-0.05, 0) is 51.9 Å². The molecule has 1 aliphatic heterocycles. The van der Waals surface area contributed by atoms with Gasteiger partial charge in [0.2, 0.25) is 0 Å². The molecule has 1 heterocycles. The van der Waals surface area contributed by atoms with Gasteiger partial charge in [-0.15, -0.1) is 6.58 Å². The van der Waals surface area contributed by atoms with E-state index in [1.165, 1.54) is 24.8 Å². The van der Waals surface area contributed by atoms with E-state index in [0.717, 1.165) is 32.3 Å². The second-order valence-corrected chi connectivity index (χ2v) is 4.93. The summed E-state index contributed by atoms with van der Waals surface area (Å²) in [5.74, 6) is 5.55. The van der Waals surface area contributed by atoms with Crippen LogP contribution in [-0.2, 0) is 4.74 Å². The minimum absolute atomic E-state index is 0.405. The molecule has 1 fully saturated rings. The summed E-state index contributed by atoms with van der Waals surface area (Å²) < 4.78 is 5.71. The van der Waals surface area contributed by atoms with Gasteiger partial charge in [-0.1, -0.05) is 5.57 Å². The van der Waals surface area contributed by atoms with Crippen LogP contribution in [0.3, 0.4) is 0 Å². The molecule has 0 amide bonds. The lowest BCUT2D eigenvalue weighted by molar-refractivity contribution is 0.00845. The Morgan fingerprint density at radius 3 is 2.88 bits per heavy atom. The van der Waals surface area contributed by atoms with E-state index in [1.54, 1.807) is 0 Å². The number of nitrogens with one attached hydrogen (secondary N) is 1. The molecule has 3 nitrogen and oxygen atoms in total. The third-order valence-electron chi connectivity index (χ3n) is 3.27. The van der Waals surface area contributed by atoms with Crippen LogP contribution in [0, 0.1) is 0 Å². The number of ether oxygens (including phenoxy) is 1. The highest BCUT2D eigenvalue weighted by atomic mass is 16.5. The number of hydrogen-bond donors (Lipinski definition) is 2. The van der Waals surface area contributed by atoms with E-state index in [2.05, 4.69) is 18.9 Å². The molecule has 0 aromatic heterocycles. The zero-order chi connectivity index (χ0) is 11.8. The normalized spacial score (nSPS) is 23.0. The number of rotatable bonds is 7. The van der Waals surface area contributed by atoms with Crippen molar-refractivity contribution in [1.82, 2.24) is 5.43 Å². The SMILES string of the molecule is C=C(C)CCC(CCC1CCCCO1)NN. The Kier molecular flexibility index (Phi) is 6.69. The zero-order valence-corrected chi connectivity index (χ0v) is 10.5. The third kappa shape index (κ3) is 5.64. The van der Waals surface area contributed by atoms with Crippen LogP contribution in [0.2, 0.25) is 0 Å². The Morgan fingerprint density at radius 2 is 2.31 bits per heavy atom. The number of hydrazine groups is 1. The van der Waals surface area contributed by atoms with Gasteiger partial charge in [0.1, 0.15) is 0 Å². The maximum absolute atomic E-state index is 5.71. The molecule has 0 aromatic rings. The molecule has 94 valence electrons. The summed E-state index contributed by atoms with van der Waals surface area (Å²) >= 11 is 0. The first-order valence-corrected chi connectivity index (χ1v) is 6.44. The quantitative estimate of drug-likeness (QED) is 0.398. The molecule has 3 heteroatoms. The van der Waals surface area contributed by atoms with Crippen molar-refractivity contribution in [1.29, 1.82) is 0 Å². The molecule has 2 unspecified atom stereocenters. The monoisotopic (exact) mass is 226 g/mol. The second-order valence-electron chi connectivity index (χ2n) is 4.93. The molecule has 16 heavy (non-hydrogen) atoms. The summed E-state index contributed by atoms with van der Waals surface area (Å²) in [6, 6.07) is 0.405. The first-order valence-electron chi connectivity index (χ1n) is 6.44. The van der Waals surface area contributed by atoms with Gasteiger partial charge in [0.05, 0.1) is 6.10 Å². The van der Waals surface area contributed by atoms with Crippen LogP contribution in [-0.4, -0.2) is 18.8 Å². The molecule has 0 spiro atoms. The summed E-state index contributed by atoms with van der Waals surface area (Å²) in [5, 5.41) is 0. The summed E-state index contributed by atoms with van der Waals surface area (Å²) in [4.78, 5) is 0. The maximum atomic E-state index is 5.71. The van der Waals surface area contributed by atoms with Gasteiger partial charge in [-0.2, -0.15) is 0 Å². The van der Waals surface area contributed by atoms with Crippen LogP contribution in [0.25, 0.3) is 0 Å². The summed E-state index contributed by atoms with van der Waals surface area (Å²) in [5.41, 5.74) is 4.13. The highest BCUT2D eigenvalue weighted by Gasteiger charge is 2.15. The number of hydrogen-bond acceptors (Lipinski definition) is 3. The molecule has 3 N–H and O–H groups in total. The lowest BCUT2D eigenvalue weighted by atomic mass is 9.98. The smallest absolute Gasteiger partial charge is 0.0575 e. The van der Waals surface area contributed by atoms with E-state index < -0.39 is 0 Å². The van der Waals surface area contributed by atoms with E-state index in [4.69, 9.17) is 10.6 Å². The van der Waals surface area contributed by atoms with Gasteiger partial charge in [0, 0.05) is 12.6 Å². The molecule has 1 aliphatic rings. The van der Waals surface area contributed by atoms with Crippen LogP contribution < -0.4 is 11.3 Å². The molecule has 0 saturated carbocycles. The molecule has 1 saturated heterocycles. The first-order chi connectivity index (χ1) is 7.72. The van der Waals surface area contributed by atoms with Gasteiger partial charge in [-0.25, -0.2) is 0 Å². The highest BCUT2D eigenvalue weighted by molar-refractivity contribution is 4.89. The van der Waals surface area contributed by atoms with Gasteiger partial charge in [-0.3, -0.25) is 11.3 Å². The van der Waals surface area contributed by atoms with Crippen molar-refractivity contribution in [2.24, 2.45) is 5.84 Å². The molecule has 0 aliphatic carbocycles. The Bertz CT molecular complexity index is 200. The van der Waals surface area contributed by atoms with Gasteiger partial charge in [0.25, 0.3) is 0 Å².